The average Bonchev–Trinajstić information content (AvgIpc) is 1.84. The van der Waals surface area contributed by atoms with Gasteiger partial charge in [-0.15, -0.1) is 0 Å². The van der Waals surface area contributed by atoms with E-state index in [1.54, 1.807) is 13.8 Å². The molecule has 0 amide bonds. The highest BCUT2D eigenvalue weighted by Gasteiger charge is 2.15. The summed E-state index contributed by atoms with van der Waals surface area (Å²) in [6.07, 6.45) is 1.99. The molecular formula is C7H9N2. The van der Waals surface area contributed by atoms with E-state index in [9.17, 15) is 0 Å². The van der Waals surface area contributed by atoms with E-state index in [4.69, 9.17) is 10.5 Å². The maximum atomic E-state index is 8.44. The van der Waals surface area contributed by atoms with Gasteiger partial charge in [0, 0.05) is 0 Å². The highest BCUT2D eigenvalue weighted by molar-refractivity contribution is 5.02. The fourth-order valence-corrected chi connectivity index (χ4v) is 0.346. The Balaban J connectivity index is 3.65. The lowest BCUT2D eigenvalue weighted by Crippen LogP contribution is -2.06. The predicted molar refractivity (Wildman–Crippen MR) is 33.9 cm³/mol. The lowest BCUT2D eigenvalue weighted by Gasteiger charge is -2.10. The number of hydrogen-bond donors (Lipinski definition) is 0. The summed E-state index contributed by atoms with van der Waals surface area (Å²) >= 11 is 0. The third kappa shape index (κ3) is 3.55. The van der Waals surface area contributed by atoms with Crippen molar-refractivity contribution in [2.24, 2.45) is 5.41 Å². The van der Waals surface area contributed by atoms with Gasteiger partial charge in [0.25, 0.3) is 0 Å². The van der Waals surface area contributed by atoms with Crippen molar-refractivity contribution >= 4 is 0 Å². The second-order valence-electron chi connectivity index (χ2n) is 2.53. The summed E-state index contributed by atoms with van der Waals surface area (Å²) in [5.41, 5.74) is -0.379. The van der Waals surface area contributed by atoms with Crippen molar-refractivity contribution in [3.8, 4) is 12.1 Å². The van der Waals surface area contributed by atoms with E-state index < -0.39 is 0 Å². The van der Waals surface area contributed by atoms with E-state index in [1.165, 1.54) is 6.42 Å². The summed E-state index contributed by atoms with van der Waals surface area (Å²) in [7, 11) is 0. The first kappa shape index (κ1) is 7.98. The van der Waals surface area contributed by atoms with Crippen molar-refractivity contribution in [1.82, 2.24) is 0 Å². The van der Waals surface area contributed by atoms with Gasteiger partial charge in [0.15, 0.2) is 0 Å². The molecule has 2 heteroatoms. The van der Waals surface area contributed by atoms with E-state index in [1.807, 2.05) is 6.07 Å². The van der Waals surface area contributed by atoms with Crippen molar-refractivity contribution < 1.29 is 0 Å². The van der Waals surface area contributed by atoms with Crippen LogP contribution in [0.25, 0.3) is 0 Å². The summed E-state index contributed by atoms with van der Waals surface area (Å²) in [6, 6.07) is 3.98. The van der Waals surface area contributed by atoms with E-state index in [2.05, 4.69) is 6.07 Å². The normalized spacial score (nSPS) is 9.78. The van der Waals surface area contributed by atoms with Crippen molar-refractivity contribution in [2.45, 2.75) is 20.3 Å². The van der Waals surface area contributed by atoms with Crippen LogP contribution in [-0.4, -0.2) is 0 Å². The van der Waals surface area contributed by atoms with Crippen LogP contribution >= 0.6 is 0 Å². The Morgan fingerprint density at radius 2 is 2.00 bits per heavy atom. The summed E-state index contributed by atoms with van der Waals surface area (Å²) < 4.78 is 0. The van der Waals surface area contributed by atoms with E-state index in [-0.39, 0.29) is 5.41 Å². The van der Waals surface area contributed by atoms with Gasteiger partial charge >= 0.3 is 0 Å². The van der Waals surface area contributed by atoms with E-state index in [0.29, 0.717) is 6.42 Å². The molecule has 0 aliphatic heterocycles. The predicted octanol–water partition coefficient (Wildman–Crippen LogP) is 1.65. The molecule has 0 saturated heterocycles. The average molecular weight is 121 g/mol. The molecule has 0 aromatic rings. The molecule has 0 aliphatic rings. The molecule has 0 spiro atoms. The van der Waals surface area contributed by atoms with Gasteiger partial charge in [0.05, 0.1) is 24.0 Å². The molecule has 2 nitrogen and oxygen atoms in total. The third-order valence-corrected chi connectivity index (χ3v) is 1.01. The largest absolute Gasteiger partial charge is 0.198 e. The standard InChI is InChI=1S/C7H9N2/c1-7(2,6-9)4-3-5-8/h3H,4H2,1-2H3. The van der Waals surface area contributed by atoms with Crippen LogP contribution in [0.15, 0.2) is 0 Å². The number of nitriles is 2. The molecule has 0 rings (SSSR count). The molecule has 0 unspecified atom stereocenters. The number of rotatable bonds is 2. The molecule has 0 N–H and O–H groups in total. The van der Waals surface area contributed by atoms with Crippen LogP contribution in [0.2, 0.25) is 0 Å². The zero-order valence-corrected chi connectivity index (χ0v) is 5.68. The number of hydrogen-bond acceptors (Lipinski definition) is 2. The molecule has 0 fully saturated rings. The molecule has 0 heterocycles. The Labute approximate surface area is 55.7 Å². The third-order valence-electron chi connectivity index (χ3n) is 1.01. The van der Waals surface area contributed by atoms with Gasteiger partial charge in [-0.2, -0.15) is 10.5 Å². The Kier molecular flexibility index (Phi) is 2.74. The van der Waals surface area contributed by atoms with Gasteiger partial charge in [-0.3, -0.25) is 0 Å². The highest BCUT2D eigenvalue weighted by Crippen LogP contribution is 2.19. The molecule has 47 valence electrons. The van der Waals surface area contributed by atoms with Crippen LogP contribution in [0, 0.1) is 34.5 Å². The van der Waals surface area contributed by atoms with Crippen LogP contribution in [0.3, 0.4) is 0 Å². The molecule has 0 aromatic heterocycles. The minimum absolute atomic E-state index is 0.379. The second kappa shape index (κ2) is 3.10. The monoisotopic (exact) mass is 121 g/mol. The van der Waals surface area contributed by atoms with Gasteiger partial charge in [0.1, 0.15) is 0 Å². The SMILES string of the molecule is CC(C)(C#N)C[CH]C#N. The van der Waals surface area contributed by atoms with Gasteiger partial charge in [-0.05, 0) is 20.3 Å². The Bertz CT molecular complexity index is 157. The smallest absolute Gasteiger partial charge is 0.0684 e. The minimum Gasteiger partial charge on any atom is -0.198 e. The lowest BCUT2D eigenvalue weighted by molar-refractivity contribution is 0.494. The first-order valence-corrected chi connectivity index (χ1v) is 2.75. The summed E-state index contributed by atoms with van der Waals surface area (Å²) in [4.78, 5) is 0. The Hall–Kier alpha value is -1.02. The molecular weight excluding hydrogens is 112 g/mol. The molecule has 0 aromatic carbocycles. The van der Waals surface area contributed by atoms with Crippen LogP contribution < -0.4 is 0 Å². The van der Waals surface area contributed by atoms with Crippen LogP contribution in [-0.2, 0) is 0 Å². The zero-order valence-electron chi connectivity index (χ0n) is 5.68. The van der Waals surface area contributed by atoms with E-state index >= 15 is 0 Å². The van der Waals surface area contributed by atoms with Gasteiger partial charge in [-0.1, -0.05) is 0 Å². The molecule has 0 saturated carbocycles. The van der Waals surface area contributed by atoms with Crippen LogP contribution in [0.5, 0.6) is 0 Å². The molecule has 0 atom stereocenters. The molecule has 0 aliphatic carbocycles. The topological polar surface area (TPSA) is 47.6 Å². The van der Waals surface area contributed by atoms with Crippen LogP contribution in [0.1, 0.15) is 20.3 Å². The van der Waals surface area contributed by atoms with E-state index in [0.717, 1.165) is 0 Å². The Morgan fingerprint density at radius 1 is 1.44 bits per heavy atom. The minimum atomic E-state index is -0.379. The maximum absolute atomic E-state index is 8.44. The summed E-state index contributed by atoms with van der Waals surface area (Å²) in [5.74, 6) is 0. The highest BCUT2D eigenvalue weighted by atomic mass is 14.3. The summed E-state index contributed by atoms with van der Waals surface area (Å²) in [6.45, 7) is 3.61. The molecule has 0 bridgehead atoms. The van der Waals surface area contributed by atoms with Crippen LogP contribution in [0.4, 0.5) is 0 Å². The Morgan fingerprint density at radius 3 is 2.33 bits per heavy atom. The zero-order chi connectivity index (χ0) is 7.33. The molecule has 1 radical (unpaired) electrons. The second-order valence-corrected chi connectivity index (χ2v) is 2.53. The van der Waals surface area contributed by atoms with Gasteiger partial charge < -0.3 is 0 Å². The first-order chi connectivity index (χ1) is 4.12. The number of nitrogens with zero attached hydrogens (tertiary/aromatic N) is 2. The van der Waals surface area contributed by atoms with Crippen molar-refractivity contribution in [2.75, 3.05) is 0 Å². The van der Waals surface area contributed by atoms with Crippen molar-refractivity contribution in [3.05, 3.63) is 6.42 Å². The molecule has 9 heavy (non-hydrogen) atoms. The van der Waals surface area contributed by atoms with Gasteiger partial charge in [-0.25, -0.2) is 0 Å². The quantitative estimate of drug-likeness (QED) is 0.557. The van der Waals surface area contributed by atoms with Crippen molar-refractivity contribution in [3.63, 3.8) is 0 Å². The summed E-state index contributed by atoms with van der Waals surface area (Å²) in [5, 5.41) is 16.6. The van der Waals surface area contributed by atoms with Crippen molar-refractivity contribution in [1.29, 1.82) is 10.5 Å². The lowest BCUT2D eigenvalue weighted by atomic mass is 9.90. The van der Waals surface area contributed by atoms with Gasteiger partial charge in [0.2, 0.25) is 0 Å². The fraction of sp³-hybridized carbons (Fsp3) is 0.571. The fourth-order valence-electron chi connectivity index (χ4n) is 0.346. The maximum Gasteiger partial charge on any atom is 0.0684 e. The first-order valence-electron chi connectivity index (χ1n) is 2.75.